The molecule has 0 bridgehead atoms. The lowest BCUT2D eigenvalue weighted by atomic mass is 9.88. The normalized spacial score (nSPS) is 21.0. The highest BCUT2D eigenvalue weighted by molar-refractivity contribution is 7.18. The monoisotopic (exact) mass is 298 g/mol. The number of hydrogen-bond donors (Lipinski definition) is 0. The number of fused-ring (bicyclic) bond motifs is 1. The number of benzene rings is 1. The van der Waals surface area contributed by atoms with Crippen molar-refractivity contribution in [1.82, 2.24) is 0 Å². The summed E-state index contributed by atoms with van der Waals surface area (Å²) in [6.45, 7) is 10.0. The maximum Gasteiger partial charge on any atom is 0.263 e. The Bertz CT molecular complexity index is 733. The molecule has 2 aromatic rings. The summed E-state index contributed by atoms with van der Waals surface area (Å²) < 4.78 is 3.83. The van der Waals surface area contributed by atoms with E-state index >= 15 is 0 Å². The molecule has 0 N–H and O–H groups in total. The Morgan fingerprint density at radius 3 is 2.81 bits per heavy atom. The summed E-state index contributed by atoms with van der Waals surface area (Å²) in [5.74, 6) is 0.771. The van der Waals surface area contributed by atoms with Gasteiger partial charge in [0.15, 0.2) is 0 Å². The summed E-state index contributed by atoms with van der Waals surface area (Å²) in [6, 6.07) is 6.78. The Morgan fingerprint density at radius 1 is 1.29 bits per heavy atom. The molecule has 1 heterocycles. The molecular formula is C19H24NS+. The zero-order valence-corrected chi connectivity index (χ0v) is 14.3. The van der Waals surface area contributed by atoms with Crippen molar-refractivity contribution in [3.63, 3.8) is 0 Å². The molecule has 1 atom stereocenters. The zero-order valence-electron chi connectivity index (χ0n) is 13.4. The topological polar surface area (TPSA) is 3.88 Å². The van der Waals surface area contributed by atoms with Gasteiger partial charge in [0, 0.05) is 12.1 Å². The van der Waals surface area contributed by atoms with Crippen LogP contribution in [0.4, 0.5) is 0 Å². The van der Waals surface area contributed by atoms with Crippen LogP contribution >= 0.6 is 11.3 Å². The molecular weight excluding hydrogens is 274 g/mol. The Morgan fingerprint density at radius 2 is 2.10 bits per heavy atom. The number of thiazole rings is 1. The van der Waals surface area contributed by atoms with Gasteiger partial charge in [0.05, 0.1) is 0 Å². The summed E-state index contributed by atoms with van der Waals surface area (Å²) in [6.07, 6.45) is 7.24. The molecule has 0 fully saturated rings. The number of hydrogen-bond acceptors (Lipinski definition) is 1. The molecule has 0 aliphatic heterocycles. The van der Waals surface area contributed by atoms with Crippen molar-refractivity contribution in [3.05, 3.63) is 46.0 Å². The van der Waals surface area contributed by atoms with Gasteiger partial charge in [-0.2, -0.15) is 4.57 Å². The molecule has 21 heavy (non-hydrogen) atoms. The number of nitrogens with zero attached hydrogens (tertiary/aromatic N) is 1. The first kappa shape index (κ1) is 14.5. The van der Waals surface area contributed by atoms with Gasteiger partial charge in [-0.1, -0.05) is 36.0 Å². The number of rotatable bonds is 2. The fourth-order valence-electron chi connectivity index (χ4n) is 3.36. The summed E-state index contributed by atoms with van der Waals surface area (Å²) in [4.78, 5) is 0. The first-order valence-corrected chi connectivity index (χ1v) is 8.69. The van der Waals surface area contributed by atoms with Crippen molar-refractivity contribution in [1.29, 1.82) is 0 Å². The van der Waals surface area contributed by atoms with E-state index in [-0.39, 0.29) is 0 Å². The van der Waals surface area contributed by atoms with Crippen molar-refractivity contribution < 1.29 is 4.57 Å². The first-order chi connectivity index (χ1) is 10.1. The van der Waals surface area contributed by atoms with Crippen LogP contribution in [0.3, 0.4) is 0 Å². The molecule has 2 heteroatoms. The second-order valence-electron chi connectivity index (χ2n) is 6.38. The molecule has 3 rings (SSSR count). The van der Waals surface area contributed by atoms with Crippen LogP contribution in [0.5, 0.6) is 0 Å². The fourth-order valence-corrected chi connectivity index (χ4v) is 4.55. The van der Waals surface area contributed by atoms with Crippen molar-refractivity contribution in [2.45, 2.75) is 47.1 Å². The predicted octanol–water partition coefficient (Wildman–Crippen LogP) is 5.28. The summed E-state index contributed by atoms with van der Waals surface area (Å²) in [5.41, 5.74) is 5.71. The highest BCUT2D eigenvalue weighted by atomic mass is 32.1. The van der Waals surface area contributed by atoms with Gasteiger partial charge in [-0.15, -0.1) is 0 Å². The average molecular weight is 298 g/mol. The van der Waals surface area contributed by atoms with E-state index in [4.69, 9.17) is 0 Å². The van der Waals surface area contributed by atoms with E-state index in [9.17, 15) is 0 Å². The minimum atomic E-state index is 0.771. The summed E-state index contributed by atoms with van der Waals surface area (Å²) in [5, 5.41) is 1.38. The van der Waals surface area contributed by atoms with Gasteiger partial charge < -0.3 is 0 Å². The molecule has 1 nitrogen and oxygen atoms in total. The van der Waals surface area contributed by atoms with Crippen LogP contribution in [-0.4, -0.2) is 0 Å². The van der Waals surface area contributed by atoms with E-state index in [1.165, 1.54) is 44.8 Å². The molecule has 1 aliphatic rings. The Labute approximate surface area is 131 Å². The van der Waals surface area contributed by atoms with E-state index in [1.54, 1.807) is 0 Å². The van der Waals surface area contributed by atoms with Crippen LogP contribution < -0.4 is 4.57 Å². The Balaban J connectivity index is 2.10. The third-order valence-electron chi connectivity index (χ3n) is 4.20. The van der Waals surface area contributed by atoms with Crippen LogP contribution in [-0.2, 0) is 6.54 Å². The maximum absolute atomic E-state index is 2.45. The third-order valence-corrected chi connectivity index (χ3v) is 5.31. The average Bonchev–Trinajstić information content (AvgIpc) is 2.73. The van der Waals surface area contributed by atoms with Crippen LogP contribution in [0.25, 0.3) is 16.3 Å². The van der Waals surface area contributed by atoms with Crippen LogP contribution in [0.1, 0.15) is 44.2 Å². The predicted molar refractivity (Wildman–Crippen MR) is 92.6 cm³/mol. The number of aryl methyl sites for hydroxylation is 2. The van der Waals surface area contributed by atoms with Crippen molar-refractivity contribution in [3.8, 4) is 0 Å². The van der Waals surface area contributed by atoms with Crippen LogP contribution in [0.15, 0.2) is 35.4 Å². The quantitative estimate of drug-likeness (QED) is 0.664. The molecule has 0 saturated heterocycles. The van der Waals surface area contributed by atoms with Gasteiger partial charge in [0.25, 0.3) is 5.01 Å². The van der Waals surface area contributed by atoms with E-state index in [1.807, 2.05) is 11.3 Å². The zero-order chi connectivity index (χ0) is 15.0. The Hall–Kier alpha value is -1.41. The first-order valence-electron chi connectivity index (χ1n) is 7.87. The van der Waals surface area contributed by atoms with Gasteiger partial charge >= 0.3 is 0 Å². The molecule has 1 aromatic heterocycles. The molecule has 0 radical (unpaired) electrons. The van der Waals surface area contributed by atoms with E-state index in [2.05, 4.69) is 62.6 Å². The second-order valence-corrected chi connectivity index (χ2v) is 7.44. The summed E-state index contributed by atoms with van der Waals surface area (Å²) in [7, 11) is 0. The van der Waals surface area contributed by atoms with Gasteiger partial charge in [0.1, 0.15) is 11.2 Å². The molecule has 1 aromatic carbocycles. The van der Waals surface area contributed by atoms with E-state index in [0.29, 0.717) is 0 Å². The SMILES string of the molecule is CC[n+]1c(/C=C2/C=C(C)C[C@@H](C)C2)sc2ccc(C)cc21. The number of allylic oxidation sites excluding steroid dienone is 3. The minimum Gasteiger partial charge on any atom is -0.182 e. The van der Waals surface area contributed by atoms with Crippen molar-refractivity contribution in [2.75, 3.05) is 0 Å². The fraction of sp³-hybridized carbons (Fsp3) is 0.421. The standard InChI is InChI=1S/C19H24NS/c1-5-20-17-11-13(2)6-7-18(17)21-19(20)12-16-9-14(3)8-15(4)10-16/h6-7,9,11-12,15H,5,8,10H2,1-4H3/q+1/b16-12-/t15-/m1/s1. The summed E-state index contributed by atoms with van der Waals surface area (Å²) >= 11 is 1.91. The Kier molecular flexibility index (Phi) is 3.99. The molecule has 0 amide bonds. The lowest BCUT2D eigenvalue weighted by Gasteiger charge is -2.18. The smallest absolute Gasteiger partial charge is 0.182 e. The van der Waals surface area contributed by atoms with Gasteiger partial charge in [-0.3, -0.25) is 0 Å². The molecule has 0 saturated carbocycles. The number of aromatic nitrogens is 1. The van der Waals surface area contributed by atoms with Gasteiger partial charge in [-0.25, -0.2) is 0 Å². The van der Waals surface area contributed by atoms with Crippen molar-refractivity contribution in [2.24, 2.45) is 5.92 Å². The van der Waals surface area contributed by atoms with E-state index in [0.717, 1.165) is 12.5 Å². The molecule has 1 aliphatic carbocycles. The molecule has 0 unspecified atom stereocenters. The maximum atomic E-state index is 2.45. The minimum absolute atomic E-state index is 0.771. The highest BCUT2D eigenvalue weighted by Gasteiger charge is 2.19. The lowest BCUT2D eigenvalue weighted by molar-refractivity contribution is -0.665. The third kappa shape index (κ3) is 2.96. The van der Waals surface area contributed by atoms with Crippen LogP contribution in [0, 0.1) is 12.8 Å². The molecule has 110 valence electrons. The van der Waals surface area contributed by atoms with Gasteiger partial charge in [-0.05, 0) is 56.7 Å². The van der Waals surface area contributed by atoms with Gasteiger partial charge in [0.2, 0.25) is 5.52 Å². The lowest BCUT2D eigenvalue weighted by Crippen LogP contribution is -2.33. The molecule has 0 spiro atoms. The van der Waals surface area contributed by atoms with Crippen LogP contribution in [0.2, 0.25) is 0 Å². The highest BCUT2D eigenvalue weighted by Crippen LogP contribution is 2.30. The van der Waals surface area contributed by atoms with E-state index < -0.39 is 0 Å². The second kappa shape index (κ2) is 5.76. The van der Waals surface area contributed by atoms with Crippen molar-refractivity contribution >= 4 is 27.6 Å². The largest absolute Gasteiger partial charge is 0.263 e.